The molecule has 4 nitrogen and oxygen atoms in total. The summed E-state index contributed by atoms with van der Waals surface area (Å²) in [5, 5.41) is 3.43. The summed E-state index contributed by atoms with van der Waals surface area (Å²) in [6.45, 7) is 13.8. The minimum absolute atomic E-state index is 0.0525. The molecule has 0 spiro atoms. The van der Waals surface area contributed by atoms with Crippen molar-refractivity contribution in [3.63, 3.8) is 0 Å². The third-order valence-corrected chi connectivity index (χ3v) is 2.50. The average Bonchev–Trinajstić information content (AvgIpc) is 2.25. The highest BCUT2D eigenvalue weighted by atomic mass is 16.5. The molecule has 1 unspecified atom stereocenters. The Morgan fingerprint density at radius 1 is 1.33 bits per heavy atom. The molecule has 1 rings (SSSR count). The minimum atomic E-state index is -0.0525. The van der Waals surface area contributed by atoms with Gasteiger partial charge in [0.15, 0.2) is 5.82 Å². The number of nitrogens with zero attached hydrogens (tertiary/aromatic N) is 2. The van der Waals surface area contributed by atoms with Gasteiger partial charge >= 0.3 is 0 Å². The molecule has 0 aliphatic heterocycles. The predicted octanol–water partition coefficient (Wildman–Crippen LogP) is 2.77. The molecule has 1 aromatic heterocycles. The fourth-order valence-electron chi connectivity index (χ4n) is 1.61. The van der Waals surface area contributed by atoms with Gasteiger partial charge in [0, 0.05) is 24.4 Å². The van der Waals surface area contributed by atoms with E-state index in [9.17, 15) is 0 Å². The second kappa shape index (κ2) is 6.25. The van der Waals surface area contributed by atoms with E-state index in [0.29, 0.717) is 6.61 Å². The van der Waals surface area contributed by atoms with Crippen LogP contribution in [0.25, 0.3) is 0 Å². The third-order valence-electron chi connectivity index (χ3n) is 2.50. The van der Waals surface area contributed by atoms with Crippen molar-refractivity contribution in [1.82, 2.24) is 15.3 Å². The molecule has 0 aliphatic carbocycles. The van der Waals surface area contributed by atoms with Gasteiger partial charge in [-0.15, -0.1) is 0 Å². The summed E-state index contributed by atoms with van der Waals surface area (Å²) in [5.41, 5.74) is 2.08. The number of rotatable bonds is 5. The first kappa shape index (κ1) is 15.1. The summed E-state index contributed by atoms with van der Waals surface area (Å²) in [6.07, 6.45) is -0.0525. The van der Waals surface area contributed by atoms with Crippen LogP contribution in [-0.4, -0.2) is 22.1 Å². The first-order chi connectivity index (χ1) is 8.31. The van der Waals surface area contributed by atoms with Crippen molar-refractivity contribution in [3.05, 3.63) is 23.3 Å². The van der Waals surface area contributed by atoms with Crippen LogP contribution in [0.5, 0.6) is 0 Å². The quantitative estimate of drug-likeness (QED) is 0.874. The van der Waals surface area contributed by atoms with Gasteiger partial charge in [0.25, 0.3) is 0 Å². The molecule has 0 aliphatic rings. The minimum Gasteiger partial charge on any atom is -0.371 e. The molecule has 4 heteroatoms. The number of hydrogen-bond acceptors (Lipinski definition) is 4. The maximum atomic E-state index is 5.54. The van der Waals surface area contributed by atoms with Crippen LogP contribution in [0.15, 0.2) is 6.07 Å². The Balaban J connectivity index is 2.80. The van der Waals surface area contributed by atoms with Crippen LogP contribution >= 0.6 is 0 Å². The fraction of sp³-hybridized carbons (Fsp3) is 0.714. The van der Waals surface area contributed by atoms with Crippen molar-refractivity contribution in [3.8, 4) is 0 Å². The van der Waals surface area contributed by atoms with Gasteiger partial charge in [0.2, 0.25) is 0 Å². The second-order valence-corrected chi connectivity index (χ2v) is 5.56. The Labute approximate surface area is 110 Å². The lowest BCUT2D eigenvalue weighted by atomic mass is 10.1. The summed E-state index contributed by atoms with van der Waals surface area (Å²) >= 11 is 0. The highest BCUT2D eigenvalue weighted by Gasteiger charge is 2.13. The Bertz CT molecular complexity index is 385. The molecule has 0 bridgehead atoms. The summed E-state index contributed by atoms with van der Waals surface area (Å²) < 4.78 is 5.54. The van der Waals surface area contributed by atoms with E-state index in [1.165, 1.54) is 0 Å². The van der Waals surface area contributed by atoms with Gasteiger partial charge in [0.05, 0.1) is 5.69 Å². The standard InChI is InChI=1S/C14H25N3O/c1-7-18-11(3)13-16-10(2)8-12(17-13)9-15-14(4,5)6/h8,11,15H,7,9H2,1-6H3. The zero-order chi connectivity index (χ0) is 13.8. The van der Waals surface area contributed by atoms with Crippen LogP contribution < -0.4 is 5.32 Å². The van der Waals surface area contributed by atoms with Crippen LogP contribution in [0.1, 0.15) is 57.9 Å². The topological polar surface area (TPSA) is 47.0 Å². The van der Waals surface area contributed by atoms with Crippen LogP contribution in [0.3, 0.4) is 0 Å². The molecule has 0 radical (unpaired) electrons. The zero-order valence-corrected chi connectivity index (χ0v) is 12.4. The maximum absolute atomic E-state index is 5.54. The molecule has 0 fully saturated rings. The van der Waals surface area contributed by atoms with E-state index in [2.05, 4.69) is 36.1 Å². The van der Waals surface area contributed by atoms with Gasteiger partial charge in [-0.25, -0.2) is 9.97 Å². The van der Waals surface area contributed by atoms with Crippen LogP contribution in [0.2, 0.25) is 0 Å². The molecule has 0 saturated carbocycles. The number of ether oxygens (including phenoxy) is 1. The highest BCUT2D eigenvalue weighted by Crippen LogP contribution is 2.13. The lowest BCUT2D eigenvalue weighted by molar-refractivity contribution is 0.0697. The highest BCUT2D eigenvalue weighted by molar-refractivity contribution is 5.11. The van der Waals surface area contributed by atoms with Crippen molar-refractivity contribution in [2.75, 3.05) is 6.61 Å². The first-order valence-electron chi connectivity index (χ1n) is 6.53. The Hall–Kier alpha value is -1.00. The Kier molecular flexibility index (Phi) is 5.23. The van der Waals surface area contributed by atoms with Crippen molar-refractivity contribution >= 4 is 0 Å². The lowest BCUT2D eigenvalue weighted by Gasteiger charge is -2.20. The van der Waals surface area contributed by atoms with Gasteiger partial charge in [0.1, 0.15) is 6.10 Å². The van der Waals surface area contributed by atoms with E-state index in [4.69, 9.17) is 4.74 Å². The smallest absolute Gasteiger partial charge is 0.157 e. The van der Waals surface area contributed by atoms with Crippen LogP contribution in [0, 0.1) is 6.92 Å². The van der Waals surface area contributed by atoms with Crippen LogP contribution in [0.4, 0.5) is 0 Å². The number of hydrogen-bond donors (Lipinski definition) is 1. The number of aryl methyl sites for hydroxylation is 1. The van der Waals surface area contributed by atoms with E-state index in [1.807, 2.05) is 26.8 Å². The summed E-state index contributed by atoms with van der Waals surface area (Å²) in [4.78, 5) is 8.99. The van der Waals surface area contributed by atoms with Gasteiger partial charge < -0.3 is 10.1 Å². The average molecular weight is 251 g/mol. The first-order valence-corrected chi connectivity index (χ1v) is 6.53. The molecule has 1 heterocycles. The number of aromatic nitrogens is 2. The number of nitrogens with one attached hydrogen (secondary N) is 1. The van der Waals surface area contributed by atoms with Gasteiger partial charge in [-0.05, 0) is 47.6 Å². The zero-order valence-electron chi connectivity index (χ0n) is 12.4. The van der Waals surface area contributed by atoms with Crippen molar-refractivity contribution in [1.29, 1.82) is 0 Å². The van der Waals surface area contributed by atoms with E-state index in [0.717, 1.165) is 23.8 Å². The maximum Gasteiger partial charge on any atom is 0.157 e. The van der Waals surface area contributed by atoms with Gasteiger partial charge in [-0.3, -0.25) is 0 Å². The molecule has 0 amide bonds. The van der Waals surface area contributed by atoms with Crippen molar-refractivity contribution < 1.29 is 4.74 Å². The normalized spacial score (nSPS) is 13.7. The predicted molar refractivity (Wildman–Crippen MR) is 73.4 cm³/mol. The summed E-state index contributed by atoms with van der Waals surface area (Å²) in [6, 6.07) is 2.01. The molecule has 1 N–H and O–H groups in total. The Morgan fingerprint density at radius 2 is 2.00 bits per heavy atom. The summed E-state index contributed by atoms with van der Waals surface area (Å²) in [5.74, 6) is 0.766. The van der Waals surface area contributed by atoms with E-state index in [-0.39, 0.29) is 11.6 Å². The largest absolute Gasteiger partial charge is 0.371 e. The van der Waals surface area contributed by atoms with E-state index < -0.39 is 0 Å². The second-order valence-electron chi connectivity index (χ2n) is 5.56. The van der Waals surface area contributed by atoms with E-state index >= 15 is 0 Å². The van der Waals surface area contributed by atoms with E-state index in [1.54, 1.807) is 0 Å². The summed E-state index contributed by atoms with van der Waals surface area (Å²) in [7, 11) is 0. The molecule has 0 aromatic carbocycles. The fourth-order valence-corrected chi connectivity index (χ4v) is 1.61. The van der Waals surface area contributed by atoms with Crippen molar-refractivity contribution in [2.45, 2.75) is 59.7 Å². The third kappa shape index (κ3) is 5.10. The molecule has 18 heavy (non-hydrogen) atoms. The molecule has 1 aromatic rings. The molecular weight excluding hydrogens is 226 g/mol. The van der Waals surface area contributed by atoms with Crippen LogP contribution in [-0.2, 0) is 11.3 Å². The monoisotopic (exact) mass is 251 g/mol. The molecular formula is C14H25N3O. The SMILES string of the molecule is CCOC(C)c1nc(C)cc(CNC(C)(C)C)n1. The molecule has 102 valence electrons. The molecule has 1 atom stereocenters. The van der Waals surface area contributed by atoms with Gasteiger partial charge in [-0.2, -0.15) is 0 Å². The van der Waals surface area contributed by atoms with Crippen molar-refractivity contribution in [2.24, 2.45) is 0 Å². The Morgan fingerprint density at radius 3 is 2.56 bits per heavy atom. The lowest BCUT2D eigenvalue weighted by Crippen LogP contribution is -2.35. The van der Waals surface area contributed by atoms with Gasteiger partial charge in [-0.1, -0.05) is 0 Å². The molecule has 0 saturated heterocycles.